The average Bonchev–Trinajstić information content (AvgIpc) is 3.16. The molecule has 0 saturated carbocycles. The van der Waals surface area contributed by atoms with Crippen LogP contribution < -0.4 is 14.2 Å². The summed E-state index contributed by atoms with van der Waals surface area (Å²) in [5, 5.41) is 0. The van der Waals surface area contributed by atoms with Crippen LogP contribution in [0.5, 0.6) is 17.2 Å². The predicted molar refractivity (Wildman–Crippen MR) is 112 cm³/mol. The minimum atomic E-state index is -2.36. The molecule has 0 fully saturated rings. The molecule has 1 aliphatic rings. The van der Waals surface area contributed by atoms with Crippen molar-refractivity contribution in [3.8, 4) is 17.2 Å². The molecule has 0 aliphatic carbocycles. The summed E-state index contributed by atoms with van der Waals surface area (Å²) in [6, 6.07) is 13.2. The number of ether oxygens (including phenoxy) is 3. The minimum Gasteiger partial charge on any atom is -0.476 e. The fraction of sp³-hybridized carbons (Fsp3) is 0.0400. The van der Waals surface area contributed by atoms with E-state index in [-0.39, 0.29) is 22.8 Å². The highest BCUT2D eigenvalue weighted by atomic mass is 19.2. The first-order chi connectivity index (χ1) is 16.8. The maximum absolute atomic E-state index is 13.6. The highest BCUT2D eigenvalue weighted by molar-refractivity contribution is 6.12. The Morgan fingerprint density at radius 2 is 1.54 bits per heavy atom. The van der Waals surface area contributed by atoms with Crippen molar-refractivity contribution in [1.29, 1.82) is 0 Å². The Labute approximate surface area is 194 Å². The number of carbonyl (C=O) groups is 2. The summed E-state index contributed by atoms with van der Waals surface area (Å²) in [4.78, 5) is 24.4. The molecule has 5 nitrogen and oxygen atoms in total. The zero-order chi connectivity index (χ0) is 25.1. The number of carbonyl (C=O) groups excluding carboxylic acids is 2. The molecule has 35 heavy (non-hydrogen) atoms. The van der Waals surface area contributed by atoms with Crippen LogP contribution in [0.2, 0.25) is 0 Å². The van der Waals surface area contributed by atoms with Gasteiger partial charge in [-0.25, -0.2) is 18.0 Å². The molecule has 3 aromatic carbocycles. The minimum absolute atomic E-state index is 0.0327. The number of ketones is 1. The lowest BCUT2D eigenvalue weighted by Gasteiger charge is -2.10. The molecule has 0 saturated heterocycles. The van der Waals surface area contributed by atoms with E-state index in [0.29, 0.717) is 0 Å². The molecule has 0 amide bonds. The van der Waals surface area contributed by atoms with E-state index < -0.39 is 53.2 Å². The van der Waals surface area contributed by atoms with Crippen LogP contribution in [-0.2, 0) is 4.79 Å². The van der Waals surface area contributed by atoms with Gasteiger partial charge in [-0.3, -0.25) is 4.79 Å². The smallest absolute Gasteiger partial charge is 0.349 e. The summed E-state index contributed by atoms with van der Waals surface area (Å²) >= 11 is 0. The second-order valence-electron chi connectivity index (χ2n) is 7.05. The Balaban J connectivity index is 1.41. The quantitative estimate of drug-likeness (QED) is 0.114. The molecule has 0 bridgehead atoms. The molecule has 4 rings (SSSR count). The standard InChI is InChI=1S/C25H13F5O5/c26-19-20(27)22(29)25(23(30)21(19)28)33-12-18(31)34-14-9-10-15-17(11-14)35-16(24(15)32)8-4-7-13-5-2-1-3-6-13/h1-11H,12H2/b7-4+,16-8-. The van der Waals surface area contributed by atoms with E-state index in [0.717, 1.165) is 5.56 Å². The van der Waals surface area contributed by atoms with Crippen LogP contribution in [0, 0.1) is 29.1 Å². The van der Waals surface area contributed by atoms with Crippen molar-refractivity contribution in [2.75, 3.05) is 6.61 Å². The number of benzene rings is 3. The number of Topliss-reactive ketones (excluding diaryl/α,β-unsaturated/α-hetero) is 1. The van der Waals surface area contributed by atoms with Gasteiger partial charge < -0.3 is 14.2 Å². The molecular formula is C25H13F5O5. The largest absolute Gasteiger partial charge is 0.476 e. The van der Waals surface area contributed by atoms with Crippen molar-refractivity contribution >= 4 is 17.8 Å². The highest BCUT2D eigenvalue weighted by Gasteiger charge is 2.29. The summed E-state index contributed by atoms with van der Waals surface area (Å²) < 4.78 is 81.7. The second-order valence-corrected chi connectivity index (χ2v) is 7.05. The van der Waals surface area contributed by atoms with E-state index in [1.54, 1.807) is 12.2 Å². The zero-order valence-electron chi connectivity index (χ0n) is 17.5. The van der Waals surface area contributed by atoms with Crippen molar-refractivity contribution < 1.29 is 45.8 Å². The van der Waals surface area contributed by atoms with E-state index in [9.17, 15) is 31.5 Å². The topological polar surface area (TPSA) is 61.8 Å². The molecule has 0 atom stereocenters. The second kappa shape index (κ2) is 9.80. The Morgan fingerprint density at radius 3 is 2.23 bits per heavy atom. The van der Waals surface area contributed by atoms with Gasteiger partial charge in [0.05, 0.1) is 5.56 Å². The van der Waals surface area contributed by atoms with Crippen molar-refractivity contribution in [3.05, 3.63) is 107 Å². The molecule has 3 aromatic rings. The van der Waals surface area contributed by atoms with Crippen LogP contribution in [0.4, 0.5) is 22.0 Å². The SMILES string of the molecule is O=C(COc1c(F)c(F)c(F)c(F)c1F)Oc1ccc2c(c1)O/C(=C\C=C\c1ccccc1)C2=O. The van der Waals surface area contributed by atoms with Crippen molar-refractivity contribution in [1.82, 2.24) is 0 Å². The third-order valence-electron chi connectivity index (χ3n) is 4.71. The van der Waals surface area contributed by atoms with E-state index in [4.69, 9.17) is 9.47 Å². The Hall–Kier alpha value is -4.47. The first-order valence-electron chi connectivity index (χ1n) is 9.91. The maximum Gasteiger partial charge on any atom is 0.349 e. The lowest BCUT2D eigenvalue weighted by molar-refractivity contribution is -0.136. The normalized spacial score (nSPS) is 13.7. The number of hydrogen-bond donors (Lipinski definition) is 0. The van der Waals surface area contributed by atoms with Crippen LogP contribution in [-0.4, -0.2) is 18.4 Å². The summed E-state index contributed by atoms with van der Waals surface area (Å²) in [5.74, 6) is -14.4. The van der Waals surface area contributed by atoms with Gasteiger partial charge in [-0.2, -0.15) is 8.78 Å². The monoisotopic (exact) mass is 488 g/mol. The van der Waals surface area contributed by atoms with Gasteiger partial charge in [0.1, 0.15) is 11.5 Å². The maximum atomic E-state index is 13.6. The predicted octanol–water partition coefficient (Wildman–Crippen LogP) is 5.54. The van der Waals surface area contributed by atoms with Crippen LogP contribution in [0.25, 0.3) is 6.08 Å². The van der Waals surface area contributed by atoms with Gasteiger partial charge in [-0.15, -0.1) is 0 Å². The fourth-order valence-corrected chi connectivity index (χ4v) is 3.06. The Kier molecular flexibility index (Phi) is 6.63. The molecule has 1 aliphatic heterocycles. The van der Waals surface area contributed by atoms with Crippen molar-refractivity contribution in [2.24, 2.45) is 0 Å². The number of halogens is 5. The highest BCUT2D eigenvalue weighted by Crippen LogP contribution is 2.34. The van der Waals surface area contributed by atoms with Gasteiger partial charge in [0.15, 0.2) is 18.1 Å². The molecule has 0 radical (unpaired) electrons. The van der Waals surface area contributed by atoms with Gasteiger partial charge in [0.25, 0.3) is 0 Å². The number of hydrogen-bond acceptors (Lipinski definition) is 5. The molecule has 178 valence electrons. The molecule has 0 N–H and O–H groups in total. The zero-order valence-corrected chi connectivity index (χ0v) is 17.5. The van der Waals surface area contributed by atoms with E-state index in [1.165, 1.54) is 24.3 Å². The first kappa shape index (κ1) is 23.7. The molecule has 0 unspecified atom stereocenters. The molecule has 0 spiro atoms. The molecular weight excluding hydrogens is 475 g/mol. The van der Waals surface area contributed by atoms with Crippen LogP contribution in [0.1, 0.15) is 15.9 Å². The summed E-state index contributed by atoms with van der Waals surface area (Å²) in [7, 11) is 0. The number of fused-ring (bicyclic) bond motifs is 1. The Bertz CT molecular complexity index is 1350. The number of esters is 1. The lowest BCUT2D eigenvalue weighted by Crippen LogP contribution is -2.19. The van der Waals surface area contributed by atoms with E-state index in [2.05, 4.69) is 4.74 Å². The summed E-state index contributed by atoms with van der Waals surface area (Å²) in [5.41, 5.74) is 1.12. The fourth-order valence-electron chi connectivity index (χ4n) is 3.06. The number of allylic oxidation sites excluding steroid dienone is 3. The van der Waals surface area contributed by atoms with E-state index >= 15 is 0 Å². The molecule has 0 aromatic heterocycles. The molecule has 1 heterocycles. The van der Waals surface area contributed by atoms with Crippen molar-refractivity contribution in [2.45, 2.75) is 0 Å². The van der Waals surface area contributed by atoms with Gasteiger partial charge in [0.2, 0.25) is 34.9 Å². The van der Waals surface area contributed by atoms with Gasteiger partial charge in [-0.05, 0) is 23.8 Å². The lowest BCUT2D eigenvalue weighted by atomic mass is 10.1. The third kappa shape index (κ3) is 4.91. The molecule has 10 heteroatoms. The number of rotatable bonds is 6. The van der Waals surface area contributed by atoms with Crippen LogP contribution >= 0.6 is 0 Å². The van der Waals surface area contributed by atoms with Crippen molar-refractivity contribution in [3.63, 3.8) is 0 Å². The van der Waals surface area contributed by atoms with Crippen LogP contribution in [0.3, 0.4) is 0 Å². The first-order valence-corrected chi connectivity index (χ1v) is 9.91. The van der Waals surface area contributed by atoms with E-state index in [1.807, 2.05) is 30.3 Å². The van der Waals surface area contributed by atoms with Gasteiger partial charge in [0, 0.05) is 6.07 Å². The Morgan fingerprint density at radius 1 is 0.886 bits per heavy atom. The van der Waals surface area contributed by atoms with Crippen LogP contribution in [0.15, 0.2) is 66.4 Å². The van der Waals surface area contributed by atoms with Gasteiger partial charge >= 0.3 is 5.97 Å². The summed E-state index contributed by atoms with van der Waals surface area (Å²) in [6.45, 7) is -1.16. The third-order valence-corrected chi connectivity index (χ3v) is 4.71. The van der Waals surface area contributed by atoms with Gasteiger partial charge in [-0.1, -0.05) is 42.5 Å². The average molecular weight is 488 g/mol. The summed E-state index contributed by atoms with van der Waals surface area (Å²) in [6.07, 6.45) is 4.87.